The van der Waals surface area contributed by atoms with Crippen molar-refractivity contribution < 1.29 is 18.3 Å². The van der Waals surface area contributed by atoms with Gasteiger partial charge in [-0.1, -0.05) is 6.92 Å². The summed E-state index contributed by atoms with van der Waals surface area (Å²) in [6.45, 7) is 3.18. The molecule has 2 N–H and O–H groups in total. The summed E-state index contributed by atoms with van der Waals surface area (Å²) in [7, 11) is -2.96. The number of aliphatic hydroxyl groups excluding tert-OH is 1. The molecule has 2 heterocycles. The van der Waals surface area contributed by atoms with E-state index in [1.807, 2.05) is 4.90 Å². The number of hydrogen-bond donors (Lipinski definition) is 2. The van der Waals surface area contributed by atoms with E-state index in [4.69, 9.17) is 0 Å². The fourth-order valence-corrected chi connectivity index (χ4v) is 4.62. The van der Waals surface area contributed by atoms with E-state index < -0.39 is 9.84 Å². The quantitative estimate of drug-likeness (QED) is 0.693. The van der Waals surface area contributed by atoms with Crippen LogP contribution in [0, 0.1) is 5.92 Å². The van der Waals surface area contributed by atoms with Crippen molar-refractivity contribution in [2.45, 2.75) is 31.8 Å². The number of nitrogens with one attached hydrogen (secondary N) is 1. The number of nitrogens with zero attached hydrogens (tertiary/aromatic N) is 1. The van der Waals surface area contributed by atoms with E-state index in [1.54, 1.807) is 0 Å². The Morgan fingerprint density at radius 2 is 2.16 bits per heavy atom. The van der Waals surface area contributed by atoms with Crippen molar-refractivity contribution >= 4 is 15.7 Å². The Morgan fingerprint density at radius 1 is 1.42 bits per heavy atom. The maximum atomic E-state index is 11.9. The number of carbonyl (C=O) groups excluding carboxylic acids is 1. The molecule has 3 atom stereocenters. The van der Waals surface area contributed by atoms with E-state index in [-0.39, 0.29) is 42.6 Å². The second-order valence-electron chi connectivity index (χ2n) is 5.65. The number of sulfone groups is 1. The van der Waals surface area contributed by atoms with Gasteiger partial charge in [0.15, 0.2) is 9.84 Å². The van der Waals surface area contributed by atoms with Gasteiger partial charge < -0.3 is 10.4 Å². The number of amides is 1. The first-order valence-corrected chi connectivity index (χ1v) is 8.58. The van der Waals surface area contributed by atoms with Crippen molar-refractivity contribution in [2.24, 2.45) is 5.92 Å². The molecular formula is C12H22N2O4S. The Bertz CT molecular complexity index is 437. The van der Waals surface area contributed by atoms with Crippen LogP contribution in [0.3, 0.4) is 0 Å². The fourth-order valence-electron chi connectivity index (χ4n) is 2.95. The standard InChI is InChI=1S/C12H22N2O4S/c1-9-2-4-14(11(9)7-15)6-12(16)13-10-3-5-19(17,18)8-10/h9-11,15H,2-8H2,1H3,(H,13,16). The van der Waals surface area contributed by atoms with Crippen LogP contribution in [0.1, 0.15) is 19.8 Å². The molecule has 2 rings (SSSR count). The topological polar surface area (TPSA) is 86.7 Å². The Labute approximate surface area is 114 Å². The van der Waals surface area contributed by atoms with Crippen LogP contribution in [0.15, 0.2) is 0 Å². The molecule has 7 heteroatoms. The van der Waals surface area contributed by atoms with E-state index in [2.05, 4.69) is 12.2 Å². The van der Waals surface area contributed by atoms with Crippen LogP contribution < -0.4 is 5.32 Å². The van der Waals surface area contributed by atoms with Gasteiger partial charge in [-0.2, -0.15) is 0 Å². The molecule has 0 radical (unpaired) electrons. The highest BCUT2D eigenvalue weighted by Gasteiger charge is 2.33. The van der Waals surface area contributed by atoms with Crippen molar-refractivity contribution in [1.29, 1.82) is 0 Å². The highest BCUT2D eigenvalue weighted by Crippen LogP contribution is 2.23. The molecule has 0 aromatic carbocycles. The SMILES string of the molecule is CC1CCN(CC(=O)NC2CCS(=O)(=O)C2)C1CO. The average Bonchev–Trinajstić information content (AvgIpc) is 2.82. The number of likely N-dealkylation sites (tertiary alicyclic amines) is 1. The van der Waals surface area contributed by atoms with Crippen LogP contribution in [0.25, 0.3) is 0 Å². The first kappa shape index (κ1) is 14.7. The van der Waals surface area contributed by atoms with E-state index in [1.165, 1.54) is 0 Å². The van der Waals surface area contributed by atoms with Crippen molar-refractivity contribution in [3.8, 4) is 0 Å². The average molecular weight is 290 g/mol. The predicted octanol–water partition coefficient (Wildman–Crippen LogP) is -1.01. The highest BCUT2D eigenvalue weighted by molar-refractivity contribution is 7.91. The van der Waals surface area contributed by atoms with E-state index in [0.717, 1.165) is 13.0 Å². The minimum absolute atomic E-state index is 0.0399. The molecule has 3 unspecified atom stereocenters. The molecule has 6 nitrogen and oxygen atoms in total. The van der Waals surface area contributed by atoms with Gasteiger partial charge in [0.2, 0.25) is 5.91 Å². The van der Waals surface area contributed by atoms with Gasteiger partial charge in [0.1, 0.15) is 0 Å². The first-order valence-electron chi connectivity index (χ1n) is 6.76. The summed E-state index contributed by atoms with van der Waals surface area (Å²) in [6.07, 6.45) is 1.49. The number of aliphatic hydroxyl groups is 1. The van der Waals surface area contributed by atoms with Crippen LogP contribution >= 0.6 is 0 Å². The number of hydrogen-bond acceptors (Lipinski definition) is 5. The molecule has 2 fully saturated rings. The van der Waals surface area contributed by atoms with E-state index in [0.29, 0.717) is 12.3 Å². The van der Waals surface area contributed by atoms with Crippen molar-refractivity contribution in [3.05, 3.63) is 0 Å². The normalized spacial score (nSPS) is 34.5. The van der Waals surface area contributed by atoms with Gasteiger partial charge in [-0.15, -0.1) is 0 Å². The molecule has 2 aliphatic heterocycles. The van der Waals surface area contributed by atoms with Gasteiger partial charge in [0, 0.05) is 12.1 Å². The lowest BCUT2D eigenvalue weighted by atomic mass is 10.0. The van der Waals surface area contributed by atoms with Crippen LogP contribution in [-0.2, 0) is 14.6 Å². The van der Waals surface area contributed by atoms with E-state index >= 15 is 0 Å². The lowest BCUT2D eigenvalue weighted by Crippen LogP contribution is -2.45. The van der Waals surface area contributed by atoms with Crippen molar-refractivity contribution in [1.82, 2.24) is 10.2 Å². The molecule has 2 aliphatic rings. The molecule has 1 amide bonds. The Hall–Kier alpha value is -0.660. The zero-order chi connectivity index (χ0) is 14.0. The highest BCUT2D eigenvalue weighted by atomic mass is 32.2. The Kier molecular flexibility index (Phi) is 4.47. The lowest BCUT2D eigenvalue weighted by Gasteiger charge is -2.24. The minimum atomic E-state index is -2.96. The molecule has 0 aromatic rings. The number of rotatable bonds is 4. The van der Waals surface area contributed by atoms with Crippen LogP contribution in [0.5, 0.6) is 0 Å². The summed E-state index contributed by atoms with van der Waals surface area (Å²) in [5.41, 5.74) is 0. The van der Waals surface area contributed by atoms with E-state index in [9.17, 15) is 18.3 Å². The smallest absolute Gasteiger partial charge is 0.234 e. The summed E-state index contributed by atoms with van der Waals surface area (Å²) < 4.78 is 22.6. The second kappa shape index (κ2) is 5.76. The molecule has 2 saturated heterocycles. The molecule has 19 heavy (non-hydrogen) atoms. The van der Waals surface area contributed by atoms with Crippen LogP contribution in [-0.4, -0.2) is 67.6 Å². The maximum Gasteiger partial charge on any atom is 0.234 e. The summed E-state index contributed by atoms with van der Waals surface area (Å²) in [5, 5.41) is 12.1. The summed E-state index contributed by atoms with van der Waals surface area (Å²) in [4.78, 5) is 13.9. The molecule has 0 aromatic heterocycles. The molecule has 0 spiro atoms. The van der Waals surface area contributed by atoms with Crippen LogP contribution in [0.4, 0.5) is 0 Å². The van der Waals surface area contributed by atoms with Crippen LogP contribution in [0.2, 0.25) is 0 Å². The zero-order valence-corrected chi connectivity index (χ0v) is 12.0. The molecule has 0 aliphatic carbocycles. The monoisotopic (exact) mass is 290 g/mol. The van der Waals surface area contributed by atoms with Crippen molar-refractivity contribution in [2.75, 3.05) is 31.2 Å². The Balaban J connectivity index is 1.82. The third-order valence-electron chi connectivity index (χ3n) is 4.13. The fraction of sp³-hybridized carbons (Fsp3) is 0.917. The van der Waals surface area contributed by atoms with Crippen molar-refractivity contribution in [3.63, 3.8) is 0 Å². The summed E-state index contributed by atoms with van der Waals surface area (Å²) in [5.74, 6) is 0.468. The summed E-state index contributed by atoms with van der Waals surface area (Å²) >= 11 is 0. The number of carbonyl (C=O) groups is 1. The summed E-state index contributed by atoms with van der Waals surface area (Å²) in [6, 6.07) is -0.205. The molecular weight excluding hydrogens is 268 g/mol. The van der Waals surface area contributed by atoms with Gasteiger partial charge >= 0.3 is 0 Å². The van der Waals surface area contributed by atoms with Gasteiger partial charge in [-0.05, 0) is 25.3 Å². The minimum Gasteiger partial charge on any atom is -0.395 e. The van der Waals surface area contributed by atoms with Gasteiger partial charge in [-0.25, -0.2) is 8.42 Å². The largest absolute Gasteiger partial charge is 0.395 e. The lowest BCUT2D eigenvalue weighted by molar-refractivity contribution is -0.123. The molecule has 110 valence electrons. The maximum absolute atomic E-state index is 11.9. The third-order valence-corrected chi connectivity index (χ3v) is 5.90. The zero-order valence-electron chi connectivity index (χ0n) is 11.2. The second-order valence-corrected chi connectivity index (χ2v) is 7.88. The van der Waals surface area contributed by atoms with Gasteiger partial charge in [0.25, 0.3) is 0 Å². The molecule has 0 bridgehead atoms. The molecule has 0 saturated carbocycles. The Morgan fingerprint density at radius 3 is 2.74 bits per heavy atom. The third kappa shape index (κ3) is 3.67. The predicted molar refractivity (Wildman–Crippen MR) is 71.4 cm³/mol. The van der Waals surface area contributed by atoms with Gasteiger partial charge in [-0.3, -0.25) is 9.69 Å². The van der Waals surface area contributed by atoms with Gasteiger partial charge in [0.05, 0.1) is 24.7 Å². The first-order chi connectivity index (χ1) is 8.91.